The molecule has 0 atom stereocenters. The van der Waals surface area contributed by atoms with E-state index in [1.54, 1.807) is 0 Å². The van der Waals surface area contributed by atoms with E-state index in [4.69, 9.17) is 0 Å². The summed E-state index contributed by atoms with van der Waals surface area (Å²) in [5.74, 6) is 0. The van der Waals surface area contributed by atoms with Gasteiger partial charge in [-0.15, -0.1) is 0 Å². The lowest BCUT2D eigenvalue weighted by Gasteiger charge is -2.17. The molecule has 1 fully saturated rings. The van der Waals surface area contributed by atoms with E-state index in [1.807, 2.05) is 0 Å². The third kappa shape index (κ3) is 5.25. The van der Waals surface area contributed by atoms with Gasteiger partial charge in [-0.3, -0.25) is 0 Å². The van der Waals surface area contributed by atoms with Gasteiger partial charge in [0.15, 0.2) is 0 Å². The van der Waals surface area contributed by atoms with Crippen LogP contribution in [0.3, 0.4) is 0 Å². The van der Waals surface area contributed by atoms with E-state index in [2.05, 4.69) is 26.1 Å². The zero-order chi connectivity index (χ0) is 8.32. The fraction of sp³-hybridized carbons (Fsp3) is 1.00. The monoisotopic (exact) mass is 155 g/mol. The van der Waals surface area contributed by atoms with Crippen molar-refractivity contribution in [1.82, 2.24) is 5.32 Å². The topological polar surface area (TPSA) is 12.0 Å². The molecule has 0 unspecified atom stereocenters. The fourth-order valence-electron chi connectivity index (χ4n) is 1.21. The van der Waals surface area contributed by atoms with Crippen LogP contribution in [0.2, 0.25) is 0 Å². The van der Waals surface area contributed by atoms with Crippen LogP contribution in [-0.4, -0.2) is 12.6 Å². The first-order valence-corrected chi connectivity index (χ1v) is 4.81. The molecule has 0 radical (unpaired) electrons. The standard InChI is InChI=1S/C10H21N/c1-10(2,3)7-4-8-11-9-5-6-9/h9,11H,4-8H2,1-3H3. The molecule has 0 heterocycles. The van der Waals surface area contributed by atoms with E-state index in [1.165, 1.54) is 32.2 Å². The Bertz CT molecular complexity index is 109. The average Bonchev–Trinajstić information content (AvgIpc) is 2.60. The van der Waals surface area contributed by atoms with E-state index in [9.17, 15) is 0 Å². The van der Waals surface area contributed by atoms with Crippen molar-refractivity contribution in [2.45, 2.75) is 52.5 Å². The molecule has 1 aliphatic carbocycles. The minimum absolute atomic E-state index is 0.519. The molecule has 11 heavy (non-hydrogen) atoms. The van der Waals surface area contributed by atoms with E-state index >= 15 is 0 Å². The third-order valence-electron chi connectivity index (χ3n) is 2.11. The Kier molecular flexibility index (Phi) is 2.94. The summed E-state index contributed by atoms with van der Waals surface area (Å²) in [7, 11) is 0. The molecule has 0 aromatic heterocycles. The highest BCUT2D eigenvalue weighted by molar-refractivity contribution is 4.80. The summed E-state index contributed by atoms with van der Waals surface area (Å²) in [6, 6.07) is 0.884. The molecule has 0 spiro atoms. The predicted molar refractivity (Wildman–Crippen MR) is 49.7 cm³/mol. The summed E-state index contributed by atoms with van der Waals surface area (Å²) in [5, 5.41) is 3.53. The number of nitrogens with one attached hydrogen (secondary N) is 1. The average molecular weight is 155 g/mol. The van der Waals surface area contributed by atoms with E-state index in [0.29, 0.717) is 5.41 Å². The molecule has 1 N–H and O–H groups in total. The molecule has 0 amide bonds. The van der Waals surface area contributed by atoms with Gasteiger partial charge >= 0.3 is 0 Å². The highest BCUT2D eigenvalue weighted by Gasteiger charge is 2.19. The van der Waals surface area contributed by atoms with Crippen LogP contribution >= 0.6 is 0 Å². The van der Waals surface area contributed by atoms with Gasteiger partial charge < -0.3 is 5.32 Å². The summed E-state index contributed by atoms with van der Waals surface area (Å²) in [6.45, 7) is 8.15. The predicted octanol–water partition coefficient (Wildman–Crippen LogP) is 2.56. The first-order valence-electron chi connectivity index (χ1n) is 4.81. The molecule has 1 heteroatoms. The lowest BCUT2D eigenvalue weighted by Crippen LogP contribution is -2.19. The Hall–Kier alpha value is -0.0400. The Morgan fingerprint density at radius 3 is 2.36 bits per heavy atom. The van der Waals surface area contributed by atoms with Crippen molar-refractivity contribution in [3.05, 3.63) is 0 Å². The van der Waals surface area contributed by atoms with Crippen molar-refractivity contribution in [2.75, 3.05) is 6.54 Å². The van der Waals surface area contributed by atoms with Crippen LogP contribution in [0.4, 0.5) is 0 Å². The number of hydrogen-bond acceptors (Lipinski definition) is 1. The normalized spacial score (nSPS) is 18.8. The highest BCUT2D eigenvalue weighted by Crippen LogP contribution is 2.21. The van der Waals surface area contributed by atoms with Crippen molar-refractivity contribution in [2.24, 2.45) is 5.41 Å². The molecule has 0 aliphatic heterocycles. The molecule has 1 aliphatic rings. The molecule has 66 valence electrons. The molecule has 0 aromatic carbocycles. The van der Waals surface area contributed by atoms with Gasteiger partial charge in [-0.05, 0) is 37.6 Å². The zero-order valence-corrected chi connectivity index (χ0v) is 8.11. The van der Waals surface area contributed by atoms with Crippen LogP contribution in [0.15, 0.2) is 0 Å². The Morgan fingerprint density at radius 1 is 1.27 bits per heavy atom. The van der Waals surface area contributed by atoms with E-state index in [-0.39, 0.29) is 0 Å². The SMILES string of the molecule is CC(C)(C)CCCNC1CC1. The second kappa shape index (κ2) is 3.57. The summed E-state index contributed by atoms with van der Waals surface area (Å²) in [6.07, 6.45) is 5.50. The molecular weight excluding hydrogens is 134 g/mol. The smallest absolute Gasteiger partial charge is 0.00682 e. The summed E-state index contributed by atoms with van der Waals surface area (Å²) in [5.41, 5.74) is 0.519. The molecular formula is C10H21N. The number of rotatable bonds is 4. The Labute approximate surface area is 70.6 Å². The maximum absolute atomic E-state index is 3.53. The first kappa shape index (κ1) is 9.05. The van der Waals surface area contributed by atoms with Gasteiger partial charge in [0.25, 0.3) is 0 Å². The van der Waals surface area contributed by atoms with Gasteiger partial charge in [0.05, 0.1) is 0 Å². The van der Waals surface area contributed by atoms with Gasteiger partial charge in [0.1, 0.15) is 0 Å². The van der Waals surface area contributed by atoms with Gasteiger partial charge in [-0.25, -0.2) is 0 Å². The molecule has 1 rings (SSSR count). The first-order chi connectivity index (χ1) is 5.08. The molecule has 1 saturated carbocycles. The molecule has 0 bridgehead atoms. The summed E-state index contributed by atoms with van der Waals surface area (Å²) in [4.78, 5) is 0. The maximum atomic E-state index is 3.53. The zero-order valence-electron chi connectivity index (χ0n) is 8.11. The lowest BCUT2D eigenvalue weighted by atomic mass is 9.91. The van der Waals surface area contributed by atoms with Crippen molar-refractivity contribution < 1.29 is 0 Å². The second-order valence-corrected chi connectivity index (χ2v) is 4.89. The van der Waals surface area contributed by atoms with Gasteiger partial charge in [-0.2, -0.15) is 0 Å². The minimum Gasteiger partial charge on any atom is -0.314 e. The van der Waals surface area contributed by atoms with E-state index in [0.717, 1.165) is 6.04 Å². The van der Waals surface area contributed by atoms with Gasteiger partial charge in [0.2, 0.25) is 0 Å². The summed E-state index contributed by atoms with van der Waals surface area (Å²) < 4.78 is 0. The second-order valence-electron chi connectivity index (χ2n) is 4.89. The number of hydrogen-bond donors (Lipinski definition) is 1. The van der Waals surface area contributed by atoms with Crippen molar-refractivity contribution in [3.8, 4) is 0 Å². The largest absolute Gasteiger partial charge is 0.314 e. The Balaban J connectivity index is 1.87. The lowest BCUT2D eigenvalue weighted by molar-refractivity contribution is 0.361. The molecule has 1 nitrogen and oxygen atoms in total. The molecule has 0 aromatic rings. The van der Waals surface area contributed by atoms with Crippen molar-refractivity contribution >= 4 is 0 Å². The minimum atomic E-state index is 0.519. The van der Waals surface area contributed by atoms with Crippen LogP contribution in [-0.2, 0) is 0 Å². The maximum Gasteiger partial charge on any atom is 0.00682 e. The van der Waals surface area contributed by atoms with Crippen LogP contribution in [0.5, 0.6) is 0 Å². The van der Waals surface area contributed by atoms with Crippen LogP contribution in [0.1, 0.15) is 46.5 Å². The fourth-order valence-corrected chi connectivity index (χ4v) is 1.21. The van der Waals surface area contributed by atoms with Gasteiger partial charge in [0, 0.05) is 6.04 Å². The van der Waals surface area contributed by atoms with Gasteiger partial charge in [-0.1, -0.05) is 20.8 Å². The quantitative estimate of drug-likeness (QED) is 0.615. The molecule has 0 saturated heterocycles. The van der Waals surface area contributed by atoms with E-state index < -0.39 is 0 Å². The highest BCUT2D eigenvalue weighted by atomic mass is 14.9. The third-order valence-corrected chi connectivity index (χ3v) is 2.11. The van der Waals surface area contributed by atoms with Crippen LogP contribution < -0.4 is 5.32 Å². The Morgan fingerprint density at radius 2 is 1.91 bits per heavy atom. The van der Waals surface area contributed by atoms with Crippen molar-refractivity contribution in [1.29, 1.82) is 0 Å². The van der Waals surface area contributed by atoms with Crippen LogP contribution in [0, 0.1) is 5.41 Å². The van der Waals surface area contributed by atoms with Crippen molar-refractivity contribution in [3.63, 3.8) is 0 Å². The summed E-state index contributed by atoms with van der Waals surface area (Å²) >= 11 is 0. The van der Waals surface area contributed by atoms with Crippen LogP contribution in [0.25, 0.3) is 0 Å².